The number of esters is 1. The third-order valence-corrected chi connectivity index (χ3v) is 3.06. The molecule has 0 heterocycles. The first-order valence-corrected chi connectivity index (χ1v) is 6.25. The molecule has 0 radical (unpaired) electrons. The maximum atomic E-state index is 11.1. The Labute approximate surface area is 102 Å². The van der Waals surface area contributed by atoms with E-state index in [0.29, 0.717) is 31.5 Å². The van der Waals surface area contributed by atoms with Crippen molar-refractivity contribution in [2.45, 2.75) is 31.7 Å². The molecule has 1 aliphatic rings. The molecule has 2 unspecified atom stereocenters. The van der Waals surface area contributed by atoms with E-state index in [2.05, 4.69) is 29.6 Å². The summed E-state index contributed by atoms with van der Waals surface area (Å²) in [7, 11) is 0. The van der Waals surface area contributed by atoms with Gasteiger partial charge in [-0.1, -0.05) is 30.3 Å². The van der Waals surface area contributed by atoms with E-state index in [1.165, 1.54) is 12.0 Å². The van der Waals surface area contributed by atoms with Crippen LogP contribution in [0.3, 0.4) is 0 Å². The molecule has 0 aromatic heterocycles. The van der Waals surface area contributed by atoms with E-state index in [4.69, 9.17) is 4.74 Å². The molecule has 2 atom stereocenters. The van der Waals surface area contributed by atoms with Crippen LogP contribution >= 0.6 is 0 Å². The summed E-state index contributed by atoms with van der Waals surface area (Å²) >= 11 is 0. The fourth-order valence-corrected chi connectivity index (χ4v) is 2.08. The van der Waals surface area contributed by atoms with Gasteiger partial charge in [0.15, 0.2) is 0 Å². The molecule has 2 rings (SSSR count). The fraction of sp³-hybridized carbons (Fsp3) is 0.500. The highest BCUT2D eigenvalue weighted by Crippen LogP contribution is 2.40. The van der Waals surface area contributed by atoms with E-state index >= 15 is 0 Å². The summed E-state index contributed by atoms with van der Waals surface area (Å²) in [5, 5.41) is 3.39. The Morgan fingerprint density at radius 1 is 1.41 bits per heavy atom. The van der Waals surface area contributed by atoms with Gasteiger partial charge in [0.25, 0.3) is 0 Å². The van der Waals surface area contributed by atoms with Crippen molar-refractivity contribution in [2.24, 2.45) is 0 Å². The van der Waals surface area contributed by atoms with Crippen molar-refractivity contribution in [3.8, 4) is 0 Å². The number of hydrogen-bond donors (Lipinski definition) is 1. The first-order valence-electron chi connectivity index (χ1n) is 6.25. The summed E-state index contributed by atoms with van der Waals surface area (Å²) in [6.07, 6.45) is 1.64. The Kier molecular flexibility index (Phi) is 4.15. The topological polar surface area (TPSA) is 38.3 Å². The Bertz CT molecular complexity index is 364. The summed E-state index contributed by atoms with van der Waals surface area (Å²) in [4.78, 5) is 11.1. The number of benzene rings is 1. The van der Waals surface area contributed by atoms with Crippen LogP contribution in [0.15, 0.2) is 30.3 Å². The van der Waals surface area contributed by atoms with Crippen molar-refractivity contribution >= 4 is 5.97 Å². The smallest absolute Gasteiger partial charge is 0.307 e. The molecule has 0 bridgehead atoms. The van der Waals surface area contributed by atoms with Crippen molar-refractivity contribution in [3.63, 3.8) is 0 Å². The van der Waals surface area contributed by atoms with Crippen LogP contribution in [0.1, 0.15) is 31.2 Å². The van der Waals surface area contributed by atoms with Crippen LogP contribution < -0.4 is 5.32 Å². The first-order chi connectivity index (χ1) is 8.31. The summed E-state index contributed by atoms with van der Waals surface area (Å²) < 4.78 is 4.88. The molecule has 0 spiro atoms. The Morgan fingerprint density at radius 3 is 2.88 bits per heavy atom. The lowest BCUT2D eigenvalue weighted by Crippen LogP contribution is -2.22. The zero-order valence-corrected chi connectivity index (χ0v) is 10.2. The van der Waals surface area contributed by atoms with Crippen LogP contribution in [0.25, 0.3) is 0 Å². The van der Waals surface area contributed by atoms with E-state index in [1.54, 1.807) is 0 Å². The van der Waals surface area contributed by atoms with Crippen LogP contribution in [-0.2, 0) is 9.53 Å². The molecule has 92 valence electrons. The fourth-order valence-electron chi connectivity index (χ4n) is 2.08. The number of carbonyl (C=O) groups is 1. The number of rotatable bonds is 6. The zero-order chi connectivity index (χ0) is 12.1. The van der Waals surface area contributed by atoms with Crippen molar-refractivity contribution < 1.29 is 9.53 Å². The largest absolute Gasteiger partial charge is 0.466 e. The second kappa shape index (κ2) is 5.82. The molecule has 3 nitrogen and oxygen atoms in total. The first kappa shape index (κ1) is 12.1. The quantitative estimate of drug-likeness (QED) is 0.765. The minimum Gasteiger partial charge on any atom is -0.466 e. The number of ether oxygens (including phenoxy) is 1. The van der Waals surface area contributed by atoms with E-state index in [9.17, 15) is 4.79 Å². The Hall–Kier alpha value is -1.35. The maximum Gasteiger partial charge on any atom is 0.307 e. The van der Waals surface area contributed by atoms with Gasteiger partial charge in [-0.25, -0.2) is 0 Å². The minimum atomic E-state index is -0.114. The predicted octanol–water partition coefficient (Wildman–Crippen LogP) is 2.09. The van der Waals surface area contributed by atoms with Gasteiger partial charge in [0, 0.05) is 18.5 Å². The average Bonchev–Trinajstić information content (AvgIpc) is 3.10. The zero-order valence-electron chi connectivity index (χ0n) is 10.2. The van der Waals surface area contributed by atoms with Gasteiger partial charge in [0.2, 0.25) is 0 Å². The molecule has 0 amide bonds. The summed E-state index contributed by atoms with van der Waals surface area (Å²) in [6.45, 7) is 3.01. The van der Waals surface area contributed by atoms with Crippen molar-refractivity contribution in [3.05, 3.63) is 35.9 Å². The van der Waals surface area contributed by atoms with Gasteiger partial charge in [-0.2, -0.15) is 0 Å². The van der Waals surface area contributed by atoms with Crippen LogP contribution in [-0.4, -0.2) is 25.2 Å². The van der Waals surface area contributed by atoms with E-state index in [0.717, 1.165) is 0 Å². The molecule has 1 N–H and O–H groups in total. The lowest BCUT2D eigenvalue weighted by atomic mass is 10.1. The monoisotopic (exact) mass is 233 g/mol. The molecule has 1 aromatic rings. The van der Waals surface area contributed by atoms with Gasteiger partial charge in [0.05, 0.1) is 13.0 Å². The lowest BCUT2D eigenvalue weighted by Gasteiger charge is -2.04. The van der Waals surface area contributed by atoms with Crippen LogP contribution in [0, 0.1) is 0 Å². The van der Waals surface area contributed by atoms with Crippen LogP contribution in [0.2, 0.25) is 0 Å². The number of nitrogens with one attached hydrogen (secondary N) is 1. The normalized spacial score (nSPS) is 22.2. The third-order valence-electron chi connectivity index (χ3n) is 3.06. The van der Waals surface area contributed by atoms with Gasteiger partial charge >= 0.3 is 5.97 Å². The van der Waals surface area contributed by atoms with Crippen molar-refractivity contribution in [1.29, 1.82) is 0 Å². The molecule has 1 aliphatic carbocycles. The predicted molar refractivity (Wildman–Crippen MR) is 66.8 cm³/mol. The number of hydrogen-bond acceptors (Lipinski definition) is 3. The van der Waals surface area contributed by atoms with Crippen LogP contribution in [0.4, 0.5) is 0 Å². The van der Waals surface area contributed by atoms with Gasteiger partial charge < -0.3 is 10.1 Å². The average molecular weight is 233 g/mol. The molecular formula is C14H19NO2. The minimum absolute atomic E-state index is 0.114. The molecule has 3 heteroatoms. The number of carbonyl (C=O) groups excluding carboxylic acids is 1. The molecule has 0 aliphatic heterocycles. The molecule has 0 saturated heterocycles. The lowest BCUT2D eigenvalue weighted by molar-refractivity contribution is -0.142. The maximum absolute atomic E-state index is 11.1. The molecular weight excluding hydrogens is 214 g/mol. The standard InChI is InChI=1S/C14H19NO2/c1-2-17-14(16)8-9-15-13-10-12(13)11-6-4-3-5-7-11/h3-7,12-13,15H,2,8-10H2,1H3. The second-order valence-electron chi connectivity index (χ2n) is 4.37. The van der Waals surface area contributed by atoms with Crippen molar-refractivity contribution in [1.82, 2.24) is 5.32 Å². The highest BCUT2D eigenvalue weighted by molar-refractivity contribution is 5.69. The highest BCUT2D eigenvalue weighted by Gasteiger charge is 2.37. The summed E-state index contributed by atoms with van der Waals surface area (Å²) in [6, 6.07) is 11.0. The molecule has 1 aromatic carbocycles. The van der Waals surface area contributed by atoms with Gasteiger partial charge in [-0.3, -0.25) is 4.79 Å². The molecule has 1 fully saturated rings. The second-order valence-corrected chi connectivity index (χ2v) is 4.37. The van der Waals surface area contributed by atoms with Crippen molar-refractivity contribution in [2.75, 3.05) is 13.2 Å². The SMILES string of the molecule is CCOC(=O)CCNC1CC1c1ccccc1. The van der Waals surface area contributed by atoms with Gasteiger partial charge in [0.1, 0.15) is 0 Å². The Balaban J connectivity index is 1.65. The third kappa shape index (κ3) is 3.56. The Morgan fingerprint density at radius 2 is 2.18 bits per heavy atom. The molecule has 17 heavy (non-hydrogen) atoms. The summed E-state index contributed by atoms with van der Waals surface area (Å²) in [5.41, 5.74) is 1.39. The van der Waals surface area contributed by atoms with Gasteiger partial charge in [-0.05, 0) is 18.9 Å². The van der Waals surface area contributed by atoms with E-state index in [-0.39, 0.29) is 5.97 Å². The van der Waals surface area contributed by atoms with Gasteiger partial charge in [-0.15, -0.1) is 0 Å². The highest BCUT2D eigenvalue weighted by atomic mass is 16.5. The summed E-state index contributed by atoms with van der Waals surface area (Å²) in [5.74, 6) is 0.510. The van der Waals surface area contributed by atoms with E-state index < -0.39 is 0 Å². The van der Waals surface area contributed by atoms with Crippen LogP contribution in [0.5, 0.6) is 0 Å². The van der Waals surface area contributed by atoms with E-state index in [1.807, 2.05) is 13.0 Å². The molecule has 1 saturated carbocycles.